The molecule has 3 rings (SSSR count). The molecule has 1 atom stereocenters. The minimum Gasteiger partial charge on any atom is -0.299 e. The van der Waals surface area contributed by atoms with E-state index in [1.807, 2.05) is 18.2 Å². The number of hydrogen-bond donors (Lipinski definition) is 1. The zero-order valence-electron chi connectivity index (χ0n) is 14.8. The summed E-state index contributed by atoms with van der Waals surface area (Å²) in [6, 6.07) is 10.3. The fourth-order valence-corrected chi connectivity index (χ4v) is 4.03. The van der Waals surface area contributed by atoms with Crippen LogP contribution >= 0.6 is 11.3 Å². The van der Waals surface area contributed by atoms with Gasteiger partial charge in [0.2, 0.25) is 11.0 Å². The second kappa shape index (κ2) is 9.06. The molecule has 1 unspecified atom stereocenters. The number of anilines is 1. The van der Waals surface area contributed by atoms with Gasteiger partial charge >= 0.3 is 0 Å². The van der Waals surface area contributed by atoms with Gasteiger partial charge in [-0.15, -0.1) is 10.2 Å². The molecule has 25 heavy (non-hydrogen) atoms. The number of hydrogen-bond acceptors (Lipinski definition) is 5. The fraction of sp³-hybridized carbons (Fsp3) is 0.526. The normalized spacial score (nSPS) is 17.7. The van der Waals surface area contributed by atoms with Crippen LogP contribution in [-0.2, 0) is 17.8 Å². The van der Waals surface area contributed by atoms with E-state index < -0.39 is 0 Å². The number of rotatable bonds is 8. The number of aryl methyl sites for hydroxylation is 1. The van der Waals surface area contributed by atoms with Gasteiger partial charge in [-0.05, 0) is 31.4 Å². The van der Waals surface area contributed by atoms with Crippen LogP contribution in [0.2, 0.25) is 0 Å². The van der Waals surface area contributed by atoms with E-state index in [4.69, 9.17) is 0 Å². The van der Waals surface area contributed by atoms with Gasteiger partial charge in [0.15, 0.2) is 0 Å². The van der Waals surface area contributed by atoms with E-state index in [0.29, 0.717) is 5.13 Å². The molecule has 1 aromatic carbocycles. The first-order valence-electron chi connectivity index (χ1n) is 9.17. The van der Waals surface area contributed by atoms with E-state index in [1.165, 1.54) is 29.7 Å². The first-order chi connectivity index (χ1) is 12.3. The molecule has 1 amide bonds. The minimum absolute atomic E-state index is 0.0460. The Balaban J connectivity index is 1.55. The molecule has 1 aromatic heterocycles. The first kappa shape index (κ1) is 18.0. The summed E-state index contributed by atoms with van der Waals surface area (Å²) >= 11 is 1.50. The van der Waals surface area contributed by atoms with Crippen molar-refractivity contribution in [3.05, 3.63) is 40.9 Å². The molecular weight excluding hydrogens is 332 g/mol. The second-order valence-corrected chi connectivity index (χ2v) is 7.62. The van der Waals surface area contributed by atoms with Crippen LogP contribution in [0.15, 0.2) is 30.3 Å². The number of nitrogens with one attached hydrogen (secondary N) is 1. The highest BCUT2D eigenvalue weighted by Crippen LogP contribution is 2.23. The lowest BCUT2D eigenvalue weighted by molar-refractivity contribution is -0.120. The van der Waals surface area contributed by atoms with Gasteiger partial charge in [0.05, 0.1) is 6.04 Å². The molecule has 1 aliphatic heterocycles. The molecule has 0 aliphatic carbocycles. The Morgan fingerprint density at radius 3 is 2.92 bits per heavy atom. The standard InChI is InChI=1S/C19H26N4OS/c1-2-3-5-12-17-21-22-19(25-17)20-18(24)16-11-8-13-23(16)14-15-9-6-4-7-10-15/h4,6-7,9-10,16H,2-3,5,8,11-14H2,1H3,(H,20,22,24). The van der Waals surface area contributed by atoms with E-state index in [1.54, 1.807) is 0 Å². The van der Waals surface area contributed by atoms with Crippen molar-refractivity contribution in [3.8, 4) is 0 Å². The van der Waals surface area contributed by atoms with Gasteiger partial charge in [0.1, 0.15) is 5.01 Å². The molecule has 0 saturated carbocycles. The van der Waals surface area contributed by atoms with E-state index in [9.17, 15) is 4.79 Å². The molecule has 0 radical (unpaired) electrons. The molecule has 2 heterocycles. The van der Waals surface area contributed by atoms with Crippen molar-refractivity contribution < 1.29 is 4.79 Å². The number of unbranched alkanes of at least 4 members (excludes halogenated alkanes) is 2. The Kier molecular flexibility index (Phi) is 6.53. The van der Waals surface area contributed by atoms with Gasteiger partial charge in [-0.2, -0.15) is 0 Å². The van der Waals surface area contributed by atoms with E-state index >= 15 is 0 Å². The third kappa shape index (κ3) is 5.09. The molecule has 1 saturated heterocycles. The van der Waals surface area contributed by atoms with Gasteiger partial charge in [-0.25, -0.2) is 0 Å². The van der Waals surface area contributed by atoms with E-state index in [-0.39, 0.29) is 11.9 Å². The van der Waals surface area contributed by atoms with Crippen molar-refractivity contribution in [2.24, 2.45) is 0 Å². The molecule has 1 fully saturated rings. The van der Waals surface area contributed by atoms with Crippen LogP contribution < -0.4 is 5.32 Å². The summed E-state index contributed by atoms with van der Waals surface area (Å²) in [4.78, 5) is 14.9. The smallest absolute Gasteiger partial charge is 0.243 e. The predicted octanol–water partition coefficient (Wildman–Crippen LogP) is 3.87. The lowest BCUT2D eigenvalue weighted by Gasteiger charge is -2.23. The summed E-state index contributed by atoms with van der Waals surface area (Å²) in [5.41, 5.74) is 1.25. The number of carbonyl (C=O) groups excluding carboxylic acids is 1. The highest BCUT2D eigenvalue weighted by atomic mass is 32.1. The van der Waals surface area contributed by atoms with Gasteiger partial charge in [-0.3, -0.25) is 15.0 Å². The van der Waals surface area contributed by atoms with Crippen molar-refractivity contribution in [1.29, 1.82) is 0 Å². The maximum Gasteiger partial charge on any atom is 0.243 e. The monoisotopic (exact) mass is 358 g/mol. The highest BCUT2D eigenvalue weighted by Gasteiger charge is 2.31. The second-order valence-electron chi connectivity index (χ2n) is 6.56. The summed E-state index contributed by atoms with van der Waals surface area (Å²) < 4.78 is 0. The Morgan fingerprint density at radius 2 is 2.12 bits per heavy atom. The summed E-state index contributed by atoms with van der Waals surface area (Å²) in [7, 11) is 0. The molecule has 0 spiro atoms. The summed E-state index contributed by atoms with van der Waals surface area (Å²) in [6.45, 7) is 3.97. The van der Waals surface area contributed by atoms with Crippen molar-refractivity contribution in [2.75, 3.05) is 11.9 Å². The average Bonchev–Trinajstić information content (AvgIpc) is 3.26. The van der Waals surface area contributed by atoms with Crippen molar-refractivity contribution in [1.82, 2.24) is 15.1 Å². The van der Waals surface area contributed by atoms with Crippen LogP contribution in [0, 0.1) is 0 Å². The minimum atomic E-state index is -0.0763. The Bertz CT molecular complexity index is 673. The zero-order valence-corrected chi connectivity index (χ0v) is 15.6. The fourth-order valence-electron chi connectivity index (χ4n) is 3.25. The Labute approximate surface area is 153 Å². The van der Waals surface area contributed by atoms with Crippen LogP contribution in [0.3, 0.4) is 0 Å². The molecule has 2 aromatic rings. The summed E-state index contributed by atoms with van der Waals surface area (Å²) in [5, 5.41) is 12.9. The predicted molar refractivity (Wildman–Crippen MR) is 102 cm³/mol. The quantitative estimate of drug-likeness (QED) is 0.728. The van der Waals surface area contributed by atoms with Gasteiger partial charge in [0.25, 0.3) is 0 Å². The Morgan fingerprint density at radius 1 is 1.28 bits per heavy atom. The molecule has 1 aliphatic rings. The number of aromatic nitrogens is 2. The zero-order chi connectivity index (χ0) is 17.5. The molecule has 5 nitrogen and oxygen atoms in total. The highest BCUT2D eigenvalue weighted by molar-refractivity contribution is 7.15. The average molecular weight is 359 g/mol. The molecule has 1 N–H and O–H groups in total. The topological polar surface area (TPSA) is 58.1 Å². The first-order valence-corrected chi connectivity index (χ1v) is 9.99. The third-order valence-electron chi connectivity index (χ3n) is 4.59. The van der Waals surface area contributed by atoms with Gasteiger partial charge in [-0.1, -0.05) is 61.4 Å². The lowest BCUT2D eigenvalue weighted by atomic mass is 10.1. The number of likely N-dealkylation sites (tertiary alicyclic amines) is 1. The maximum atomic E-state index is 12.7. The largest absolute Gasteiger partial charge is 0.299 e. The number of benzene rings is 1. The van der Waals surface area contributed by atoms with Gasteiger partial charge in [0, 0.05) is 13.0 Å². The molecule has 0 bridgehead atoms. The summed E-state index contributed by atoms with van der Waals surface area (Å²) in [6.07, 6.45) is 6.45. The lowest BCUT2D eigenvalue weighted by Crippen LogP contribution is -2.39. The third-order valence-corrected chi connectivity index (χ3v) is 5.48. The molecule has 6 heteroatoms. The summed E-state index contributed by atoms with van der Waals surface area (Å²) in [5.74, 6) is 0.0460. The maximum absolute atomic E-state index is 12.7. The van der Waals surface area contributed by atoms with Crippen LogP contribution in [0.5, 0.6) is 0 Å². The van der Waals surface area contributed by atoms with Crippen molar-refractivity contribution >= 4 is 22.4 Å². The van der Waals surface area contributed by atoms with Crippen LogP contribution in [0.4, 0.5) is 5.13 Å². The van der Waals surface area contributed by atoms with E-state index in [2.05, 4.69) is 39.5 Å². The van der Waals surface area contributed by atoms with Crippen LogP contribution in [0.1, 0.15) is 49.6 Å². The molecule has 134 valence electrons. The number of amides is 1. The Hall–Kier alpha value is -1.79. The van der Waals surface area contributed by atoms with Crippen molar-refractivity contribution in [2.45, 2.75) is 58.0 Å². The van der Waals surface area contributed by atoms with Gasteiger partial charge < -0.3 is 0 Å². The van der Waals surface area contributed by atoms with Crippen molar-refractivity contribution in [3.63, 3.8) is 0 Å². The molecular formula is C19H26N4OS. The number of carbonyl (C=O) groups is 1. The van der Waals surface area contributed by atoms with Crippen LogP contribution in [-0.4, -0.2) is 33.6 Å². The van der Waals surface area contributed by atoms with E-state index in [0.717, 1.165) is 43.8 Å². The van der Waals surface area contributed by atoms with Crippen LogP contribution in [0.25, 0.3) is 0 Å². The SMILES string of the molecule is CCCCCc1nnc(NC(=O)C2CCCN2Cc2ccccc2)s1. The number of nitrogens with zero attached hydrogens (tertiary/aromatic N) is 3.